The molecule has 0 aliphatic carbocycles. The van der Waals surface area contributed by atoms with Gasteiger partial charge in [0.05, 0.1) is 14.2 Å². The summed E-state index contributed by atoms with van der Waals surface area (Å²) in [4.78, 5) is 4.33. The molecule has 138 valence electrons. The number of hydrogen-bond donors (Lipinski definition) is 2. The van der Waals surface area contributed by atoms with Crippen molar-refractivity contribution in [3.63, 3.8) is 0 Å². The number of nitrogens with zero attached hydrogens (tertiary/aromatic N) is 4. The molecule has 0 amide bonds. The van der Waals surface area contributed by atoms with Crippen molar-refractivity contribution < 1.29 is 9.47 Å². The van der Waals surface area contributed by atoms with Gasteiger partial charge in [-0.1, -0.05) is 6.07 Å². The second-order valence-corrected chi connectivity index (χ2v) is 5.26. The van der Waals surface area contributed by atoms with E-state index in [1.165, 1.54) is 0 Å². The van der Waals surface area contributed by atoms with Crippen LogP contribution in [0.25, 0.3) is 5.65 Å². The number of anilines is 1. The Morgan fingerprint density at radius 1 is 1.15 bits per heavy atom. The van der Waals surface area contributed by atoms with Gasteiger partial charge in [0.1, 0.15) is 5.82 Å². The van der Waals surface area contributed by atoms with E-state index in [0.717, 1.165) is 17.2 Å². The van der Waals surface area contributed by atoms with Crippen LogP contribution in [0.4, 0.5) is 5.69 Å². The molecule has 9 heteroatoms. The van der Waals surface area contributed by atoms with Crippen molar-refractivity contribution in [3.8, 4) is 11.5 Å². The lowest BCUT2D eigenvalue weighted by Crippen LogP contribution is -2.23. The van der Waals surface area contributed by atoms with Crippen LogP contribution in [-0.4, -0.2) is 41.3 Å². The number of halogens is 1. The summed E-state index contributed by atoms with van der Waals surface area (Å²) in [5, 5.41) is 11.3. The van der Waals surface area contributed by atoms with Gasteiger partial charge in [0.15, 0.2) is 23.1 Å². The van der Waals surface area contributed by atoms with Gasteiger partial charge in [-0.15, -0.1) is 34.2 Å². The van der Waals surface area contributed by atoms with Gasteiger partial charge in [0, 0.05) is 30.9 Å². The van der Waals surface area contributed by atoms with Gasteiger partial charge >= 0.3 is 0 Å². The Morgan fingerprint density at radius 3 is 2.73 bits per heavy atom. The Morgan fingerprint density at radius 2 is 1.96 bits per heavy atom. The third-order valence-electron chi connectivity index (χ3n) is 3.66. The SMILES string of the molecule is COc1ccc(NC(N)=NCCc2nnc3ccccn23)cc1OC.I. The first-order valence-electron chi connectivity index (χ1n) is 7.79. The number of benzene rings is 1. The Bertz CT molecular complexity index is 896. The molecular formula is C17H21IN6O2. The Kier molecular flexibility index (Phi) is 7.01. The average Bonchev–Trinajstić information content (AvgIpc) is 3.05. The predicted molar refractivity (Wildman–Crippen MR) is 112 cm³/mol. The van der Waals surface area contributed by atoms with Crippen LogP contribution in [0.1, 0.15) is 5.82 Å². The number of nitrogens with two attached hydrogens (primary N) is 1. The maximum absolute atomic E-state index is 5.94. The minimum Gasteiger partial charge on any atom is -0.493 e. The fourth-order valence-electron chi connectivity index (χ4n) is 2.44. The van der Waals surface area contributed by atoms with E-state index in [0.29, 0.717) is 30.4 Å². The zero-order valence-electron chi connectivity index (χ0n) is 14.5. The summed E-state index contributed by atoms with van der Waals surface area (Å²) in [6.07, 6.45) is 2.57. The smallest absolute Gasteiger partial charge is 0.193 e. The Balaban J connectivity index is 0.00000243. The van der Waals surface area contributed by atoms with Crippen molar-refractivity contribution in [1.29, 1.82) is 0 Å². The van der Waals surface area contributed by atoms with E-state index in [-0.39, 0.29) is 24.0 Å². The molecule has 0 unspecified atom stereocenters. The first-order valence-corrected chi connectivity index (χ1v) is 7.79. The number of ether oxygens (including phenoxy) is 2. The van der Waals surface area contributed by atoms with Gasteiger partial charge in [0.2, 0.25) is 0 Å². The lowest BCUT2D eigenvalue weighted by molar-refractivity contribution is 0.355. The van der Waals surface area contributed by atoms with Crippen LogP contribution in [0.15, 0.2) is 47.6 Å². The number of rotatable bonds is 6. The molecule has 0 atom stereocenters. The minimum absolute atomic E-state index is 0. The fourth-order valence-corrected chi connectivity index (χ4v) is 2.44. The summed E-state index contributed by atoms with van der Waals surface area (Å²) in [7, 11) is 3.18. The maximum Gasteiger partial charge on any atom is 0.193 e. The lowest BCUT2D eigenvalue weighted by atomic mass is 10.3. The molecule has 8 nitrogen and oxygen atoms in total. The Labute approximate surface area is 168 Å². The van der Waals surface area contributed by atoms with E-state index in [9.17, 15) is 0 Å². The summed E-state index contributed by atoms with van der Waals surface area (Å²) in [6.45, 7) is 0.502. The summed E-state index contributed by atoms with van der Waals surface area (Å²) < 4.78 is 12.4. The summed E-state index contributed by atoms with van der Waals surface area (Å²) >= 11 is 0. The zero-order chi connectivity index (χ0) is 17.6. The largest absolute Gasteiger partial charge is 0.493 e. The molecule has 0 radical (unpaired) electrons. The Hall–Kier alpha value is -2.56. The van der Waals surface area contributed by atoms with Crippen molar-refractivity contribution in [1.82, 2.24) is 14.6 Å². The van der Waals surface area contributed by atoms with Crippen LogP contribution in [0.5, 0.6) is 11.5 Å². The average molecular weight is 468 g/mol. The van der Waals surface area contributed by atoms with Crippen LogP contribution in [-0.2, 0) is 6.42 Å². The standard InChI is InChI=1S/C17H20N6O2.HI/c1-24-13-7-6-12(11-14(13)25-2)20-17(18)19-9-8-16-22-21-15-5-3-4-10-23(15)16;/h3-7,10-11H,8-9H2,1-2H3,(H3,18,19,20);1H. The third kappa shape index (κ3) is 4.54. The molecule has 3 N–H and O–H groups in total. The van der Waals surface area contributed by atoms with E-state index in [4.69, 9.17) is 15.2 Å². The summed E-state index contributed by atoms with van der Waals surface area (Å²) in [6, 6.07) is 11.2. The molecule has 0 bridgehead atoms. The molecule has 2 heterocycles. The minimum atomic E-state index is 0. The highest BCUT2D eigenvalue weighted by atomic mass is 127. The number of aromatic nitrogens is 3. The topological polar surface area (TPSA) is 99.1 Å². The lowest BCUT2D eigenvalue weighted by Gasteiger charge is -2.10. The first-order chi connectivity index (χ1) is 12.2. The van der Waals surface area contributed by atoms with Crippen molar-refractivity contribution in [2.24, 2.45) is 10.7 Å². The van der Waals surface area contributed by atoms with Crippen molar-refractivity contribution in [2.75, 3.05) is 26.1 Å². The fraction of sp³-hybridized carbons (Fsp3) is 0.235. The normalized spacial score (nSPS) is 11.1. The number of aliphatic imine (C=N–C) groups is 1. The predicted octanol–water partition coefficient (Wildman–Crippen LogP) is 2.33. The molecule has 0 spiro atoms. The molecule has 0 aliphatic heterocycles. The molecule has 3 rings (SSSR count). The van der Waals surface area contributed by atoms with E-state index in [1.807, 2.05) is 34.9 Å². The van der Waals surface area contributed by atoms with E-state index in [1.54, 1.807) is 26.4 Å². The van der Waals surface area contributed by atoms with Gasteiger partial charge in [0.25, 0.3) is 0 Å². The first kappa shape index (κ1) is 19.8. The molecule has 0 saturated carbocycles. The van der Waals surface area contributed by atoms with Gasteiger partial charge in [-0.25, -0.2) is 0 Å². The van der Waals surface area contributed by atoms with E-state index in [2.05, 4.69) is 20.5 Å². The number of guanidine groups is 1. The van der Waals surface area contributed by atoms with E-state index >= 15 is 0 Å². The van der Waals surface area contributed by atoms with Crippen LogP contribution < -0.4 is 20.5 Å². The molecule has 26 heavy (non-hydrogen) atoms. The van der Waals surface area contributed by atoms with Crippen LogP contribution in [0.3, 0.4) is 0 Å². The second kappa shape index (κ2) is 9.22. The number of nitrogens with one attached hydrogen (secondary N) is 1. The monoisotopic (exact) mass is 468 g/mol. The zero-order valence-corrected chi connectivity index (χ0v) is 16.9. The molecule has 0 saturated heterocycles. The number of pyridine rings is 1. The van der Waals surface area contributed by atoms with Gasteiger partial charge in [-0.3, -0.25) is 9.39 Å². The summed E-state index contributed by atoms with van der Waals surface area (Å²) in [5.74, 6) is 2.44. The van der Waals surface area contributed by atoms with Crippen molar-refractivity contribution in [2.45, 2.75) is 6.42 Å². The van der Waals surface area contributed by atoms with Crippen LogP contribution in [0.2, 0.25) is 0 Å². The molecule has 0 fully saturated rings. The quantitative estimate of drug-likeness (QED) is 0.328. The molecular weight excluding hydrogens is 447 g/mol. The van der Waals surface area contributed by atoms with Crippen molar-refractivity contribution in [3.05, 3.63) is 48.4 Å². The maximum atomic E-state index is 5.94. The number of methoxy groups -OCH3 is 2. The highest BCUT2D eigenvalue weighted by molar-refractivity contribution is 14.0. The third-order valence-corrected chi connectivity index (χ3v) is 3.66. The van der Waals surface area contributed by atoms with Crippen molar-refractivity contribution >= 4 is 41.3 Å². The molecule has 2 aromatic heterocycles. The highest BCUT2D eigenvalue weighted by Crippen LogP contribution is 2.29. The molecule has 1 aromatic carbocycles. The highest BCUT2D eigenvalue weighted by Gasteiger charge is 2.06. The number of fused-ring (bicyclic) bond motifs is 1. The van der Waals surface area contributed by atoms with Gasteiger partial charge in [-0.05, 0) is 24.3 Å². The van der Waals surface area contributed by atoms with E-state index < -0.39 is 0 Å². The number of hydrogen-bond acceptors (Lipinski definition) is 5. The van der Waals surface area contributed by atoms with Crippen LogP contribution in [0, 0.1) is 0 Å². The van der Waals surface area contributed by atoms with Gasteiger partial charge in [-0.2, -0.15) is 0 Å². The molecule has 0 aliphatic rings. The molecule has 3 aromatic rings. The summed E-state index contributed by atoms with van der Waals surface area (Å²) in [5.41, 5.74) is 7.53. The van der Waals surface area contributed by atoms with Gasteiger partial charge < -0.3 is 20.5 Å². The van der Waals surface area contributed by atoms with Crippen LogP contribution >= 0.6 is 24.0 Å². The second-order valence-electron chi connectivity index (χ2n) is 5.26.